The zero-order valence-corrected chi connectivity index (χ0v) is 9.39. The number of nitrogens with one attached hydrogen (secondary N) is 1. The molecule has 0 radical (unpaired) electrons. The Hall–Kier alpha value is -0.610. The molecule has 1 rings (SSSR count). The van der Waals surface area contributed by atoms with Crippen LogP contribution in [0.2, 0.25) is 0 Å². The van der Waals surface area contributed by atoms with Crippen molar-refractivity contribution in [2.75, 3.05) is 25.6 Å². The first kappa shape index (κ1) is 10.5. The zero-order valence-electron chi connectivity index (χ0n) is 7.80. The predicted molar refractivity (Wildman–Crippen MR) is 57.0 cm³/mol. The fourth-order valence-electron chi connectivity index (χ4n) is 0.917. The highest BCUT2D eigenvalue weighted by atomic mass is 79.9. The Morgan fingerprint density at radius 3 is 3.00 bits per heavy atom. The third-order valence-corrected chi connectivity index (χ3v) is 2.49. The van der Waals surface area contributed by atoms with Gasteiger partial charge in [0.15, 0.2) is 0 Å². The summed E-state index contributed by atoms with van der Waals surface area (Å²) in [6.45, 7) is 3.51. The van der Waals surface area contributed by atoms with Gasteiger partial charge in [-0.2, -0.15) is 0 Å². The molecule has 0 spiro atoms. The van der Waals surface area contributed by atoms with Gasteiger partial charge >= 0.3 is 0 Å². The number of anilines is 1. The minimum Gasteiger partial charge on any atom is -0.383 e. The maximum atomic E-state index is 4.92. The number of halogens is 1. The smallest absolute Gasteiger partial charge is 0.126 e. The van der Waals surface area contributed by atoms with E-state index >= 15 is 0 Å². The van der Waals surface area contributed by atoms with Gasteiger partial charge in [-0.25, -0.2) is 4.98 Å². The average Bonchev–Trinajstić information content (AvgIpc) is 2.12. The zero-order chi connectivity index (χ0) is 9.68. The molecule has 1 aromatic heterocycles. The first-order valence-corrected chi connectivity index (χ1v) is 4.88. The van der Waals surface area contributed by atoms with E-state index in [9.17, 15) is 0 Å². The molecule has 0 saturated heterocycles. The van der Waals surface area contributed by atoms with E-state index in [2.05, 4.69) is 26.2 Å². The summed E-state index contributed by atoms with van der Waals surface area (Å²) < 4.78 is 5.95. The Bertz CT molecular complexity index is 278. The molecule has 1 aromatic rings. The van der Waals surface area contributed by atoms with E-state index in [0.29, 0.717) is 6.61 Å². The fourth-order valence-corrected chi connectivity index (χ4v) is 1.13. The van der Waals surface area contributed by atoms with E-state index in [0.717, 1.165) is 16.8 Å². The predicted octanol–water partition coefficient (Wildman–Crippen LogP) is 2.21. The van der Waals surface area contributed by atoms with Gasteiger partial charge in [-0.3, -0.25) is 0 Å². The first-order valence-electron chi connectivity index (χ1n) is 4.09. The van der Waals surface area contributed by atoms with Crippen LogP contribution >= 0.6 is 15.9 Å². The van der Waals surface area contributed by atoms with Crippen molar-refractivity contribution in [3.63, 3.8) is 0 Å². The summed E-state index contributed by atoms with van der Waals surface area (Å²) in [4.78, 5) is 4.20. The van der Waals surface area contributed by atoms with E-state index in [-0.39, 0.29) is 0 Å². The van der Waals surface area contributed by atoms with Gasteiger partial charge in [-0.15, -0.1) is 0 Å². The Balaban J connectivity index is 2.53. The van der Waals surface area contributed by atoms with Crippen LogP contribution in [0.5, 0.6) is 0 Å². The van der Waals surface area contributed by atoms with E-state index in [1.165, 1.54) is 5.56 Å². The molecular formula is C9H13BrN2O. The summed E-state index contributed by atoms with van der Waals surface area (Å²) in [6.07, 6.45) is 1.80. The van der Waals surface area contributed by atoms with Crippen LogP contribution in [-0.4, -0.2) is 25.2 Å². The van der Waals surface area contributed by atoms with E-state index in [1.54, 1.807) is 13.3 Å². The van der Waals surface area contributed by atoms with Crippen molar-refractivity contribution in [3.8, 4) is 0 Å². The molecule has 1 N–H and O–H groups in total. The van der Waals surface area contributed by atoms with Crippen molar-refractivity contribution in [1.82, 2.24) is 4.98 Å². The summed E-state index contributed by atoms with van der Waals surface area (Å²) >= 11 is 3.40. The van der Waals surface area contributed by atoms with Crippen molar-refractivity contribution in [3.05, 3.63) is 22.3 Å². The first-order chi connectivity index (χ1) is 6.24. The monoisotopic (exact) mass is 244 g/mol. The number of hydrogen-bond acceptors (Lipinski definition) is 3. The van der Waals surface area contributed by atoms with Gasteiger partial charge < -0.3 is 10.1 Å². The molecule has 0 amide bonds. The lowest BCUT2D eigenvalue weighted by atomic mass is 10.3. The van der Waals surface area contributed by atoms with Crippen LogP contribution in [0, 0.1) is 6.92 Å². The summed E-state index contributed by atoms with van der Waals surface area (Å²) in [5.74, 6) is 0.887. The highest BCUT2D eigenvalue weighted by molar-refractivity contribution is 9.10. The van der Waals surface area contributed by atoms with Gasteiger partial charge in [0, 0.05) is 24.3 Å². The summed E-state index contributed by atoms with van der Waals surface area (Å²) in [6, 6.07) is 2.00. The number of aromatic nitrogens is 1. The molecular weight excluding hydrogens is 232 g/mol. The Kier molecular flexibility index (Phi) is 4.18. The quantitative estimate of drug-likeness (QED) is 0.826. The fraction of sp³-hybridized carbons (Fsp3) is 0.444. The lowest BCUT2D eigenvalue weighted by Crippen LogP contribution is -2.08. The van der Waals surface area contributed by atoms with Crippen molar-refractivity contribution in [2.45, 2.75) is 6.92 Å². The van der Waals surface area contributed by atoms with Crippen molar-refractivity contribution < 1.29 is 4.74 Å². The number of pyridine rings is 1. The van der Waals surface area contributed by atoms with E-state index in [1.807, 2.05) is 13.0 Å². The largest absolute Gasteiger partial charge is 0.383 e. The molecule has 0 unspecified atom stereocenters. The molecule has 1 heterocycles. The lowest BCUT2D eigenvalue weighted by molar-refractivity contribution is 0.210. The number of ether oxygens (including phenoxy) is 1. The van der Waals surface area contributed by atoms with Crippen LogP contribution in [0.4, 0.5) is 5.82 Å². The minimum atomic E-state index is 0.691. The summed E-state index contributed by atoms with van der Waals surface area (Å²) in [7, 11) is 1.68. The second kappa shape index (κ2) is 5.19. The molecule has 0 aliphatic heterocycles. The van der Waals surface area contributed by atoms with E-state index in [4.69, 9.17) is 4.74 Å². The standard InChI is InChI=1S/C9H13BrN2O/c1-7-5-9(11-3-4-13-2)12-6-8(7)10/h5-6H,3-4H2,1-2H3,(H,11,12). The second-order valence-corrected chi connectivity index (χ2v) is 3.59. The van der Waals surface area contributed by atoms with Crippen LogP contribution < -0.4 is 5.32 Å². The lowest BCUT2D eigenvalue weighted by Gasteiger charge is -2.05. The number of hydrogen-bond donors (Lipinski definition) is 1. The molecule has 0 bridgehead atoms. The third kappa shape index (κ3) is 3.32. The van der Waals surface area contributed by atoms with Gasteiger partial charge in [-0.05, 0) is 34.5 Å². The number of methoxy groups -OCH3 is 1. The van der Waals surface area contributed by atoms with Crippen LogP contribution in [0.1, 0.15) is 5.56 Å². The van der Waals surface area contributed by atoms with Crippen LogP contribution in [-0.2, 0) is 4.74 Å². The molecule has 0 fully saturated rings. The Morgan fingerprint density at radius 1 is 1.62 bits per heavy atom. The maximum Gasteiger partial charge on any atom is 0.126 e. The molecule has 0 aliphatic carbocycles. The van der Waals surface area contributed by atoms with Gasteiger partial charge in [0.25, 0.3) is 0 Å². The molecule has 3 nitrogen and oxygen atoms in total. The highest BCUT2D eigenvalue weighted by Gasteiger charge is 1.97. The second-order valence-electron chi connectivity index (χ2n) is 2.74. The molecule has 0 aliphatic rings. The number of aryl methyl sites for hydroxylation is 1. The van der Waals surface area contributed by atoms with Crippen LogP contribution in [0.15, 0.2) is 16.7 Å². The van der Waals surface area contributed by atoms with Gasteiger partial charge in [0.05, 0.1) is 6.61 Å². The molecule has 13 heavy (non-hydrogen) atoms. The van der Waals surface area contributed by atoms with Crippen LogP contribution in [0.25, 0.3) is 0 Å². The normalized spacial score (nSPS) is 10.1. The summed E-state index contributed by atoms with van der Waals surface area (Å²) in [5, 5.41) is 3.16. The molecule has 72 valence electrons. The van der Waals surface area contributed by atoms with E-state index < -0.39 is 0 Å². The molecule has 0 saturated carbocycles. The maximum absolute atomic E-state index is 4.92. The molecule has 0 atom stereocenters. The topological polar surface area (TPSA) is 34.1 Å². The minimum absolute atomic E-state index is 0.691. The highest BCUT2D eigenvalue weighted by Crippen LogP contribution is 2.16. The number of rotatable bonds is 4. The van der Waals surface area contributed by atoms with Crippen molar-refractivity contribution >= 4 is 21.7 Å². The summed E-state index contributed by atoms with van der Waals surface area (Å²) in [5.41, 5.74) is 1.18. The van der Waals surface area contributed by atoms with Crippen molar-refractivity contribution in [2.24, 2.45) is 0 Å². The molecule has 0 aromatic carbocycles. The van der Waals surface area contributed by atoms with Gasteiger partial charge in [0.1, 0.15) is 5.82 Å². The van der Waals surface area contributed by atoms with Crippen molar-refractivity contribution in [1.29, 1.82) is 0 Å². The number of nitrogens with zero attached hydrogens (tertiary/aromatic N) is 1. The average molecular weight is 245 g/mol. The Morgan fingerprint density at radius 2 is 2.38 bits per heavy atom. The van der Waals surface area contributed by atoms with Gasteiger partial charge in [0.2, 0.25) is 0 Å². The molecule has 4 heteroatoms. The van der Waals surface area contributed by atoms with Crippen LogP contribution in [0.3, 0.4) is 0 Å². The van der Waals surface area contributed by atoms with Gasteiger partial charge in [-0.1, -0.05) is 0 Å². The SMILES string of the molecule is COCCNc1cc(C)c(Br)cn1. The third-order valence-electron chi connectivity index (χ3n) is 1.66. The Labute approximate surface area is 86.6 Å².